The van der Waals surface area contributed by atoms with Gasteiger partial charge in [-0.05, 0) is 37.0 Å². The molecule has 0 bridgehead atoms. The third-order valence-electron chi connectivity index (χ3n) is 3.60. The molecule has 0 aromatic heterocycles. The van der Waals surface area contributed by atoms with Gasteiger partial charge in [-0.3, -0.25) is 4.79 Å². The van der Waals surface area contributed by atoms with Crippen LogP contribution in [0, 0.1) is 5.92 Å². The highest BCUT2D eigenvalue weighted by atomic mass is 32.2. The van der Waals surface area contributed by atoms with Gasteiger partial charge in [0.05, 0.1) is 4.90 Å². The molecule has 5 heteroatoms. The largest absolute Gasteiger partial charge is 0.295 e. The van der Waals surface area contributed by atoms with Crippen LogP contribution in [0.2, 0.25) is 0 Å². The molecule has 1 atom stereocenters. The normalized spacial score (nSPS) is 12.8. The molecule has 0 heterocycles. The Morgan fingerprint density at radius 2 is 1.78 bits per heavy atom. The summed E-state index contributed by atoms with van der Waals surface area (Å²) in [6.45, 7) is 3.77. The maximum absolute atomic E-state index is 12.3. The van der Waals surface area contributed by atoms with Crippen LogP contribution < -0.4 is 4.72 Å². The zero-order valence-corrected chi connectivity index (χ0v) is 14.1. The average Bonchev–Trinajstić information content (AvgIpc) is 2.54. The van der Waals surface area contributed by atoms with Crippen molar-refractivity contribution in [1.82, 2.24) is 4.72 Å². The highest BCUT2D eigenvalue weighted by Gasteiger charge is 2.16. The second kappa shape index (κ2) is 7.53. The van der Waals surface area contributed by atoms with E-state index in [2.05, 4.69) is 4.72 Å². The number of sulfonamides is 1. The lowest BCUT2D eigenvalue weighted by Crippen LogP contribution is -2.29. The van der Waals surface area contributed by atoms with E-state index in [9.17, 15) is 13.2 Å². The molecule has 0 aliphatic heterocycles. The molecular formula is C18H21NO3S. The van der Waals surface area contributed by atoms with E-state index in [-0.39, 0.29) is 16.6 Å². The van der Waals surface area contributed by atoms with Gasteiger partial charge in [0.25, 0.3) is 0 Å². The Balaban J connectivity index is 2.01. The topological polar surface area (TPSA) is 63.2 Å². The smallest absolute Gasteiger partial charge is 0.240 e. The Labute approximate surface area is 137 Å². The SMILES string of the molecule is CC(=O)c1cccc(S(=O)(=O)NCC(C)Cc2ccccc2)c1. The summed E-state index contributed by atoms with van der Waals surface area (Å²) >= 11 is 0. The van der Waals surface area contributed by atoms with Crippen molar-refractivity contribution in [3.63, 3.8) is 0 Å². The van der Waals surface area contributed by atoms with E-state index in [1.165, 1.54) is 24.6 Å². The monoisotopic (exact) mass is 331 g/mol. The zero-order valence-electron chi connectivity index (χ0n) is 13.3. The molecule has 0 saturated carbocycles. The lowest BCUT2D eigenvalue weighted by Gasteiger charge is -2.13. The molecule has 0 amide bonds. The van der Waals surface area contributed by atoms with Crippen molar-refractivity contribution in [3.05, 3.63) is 65.7 Å². The Bertz CT molecular complexity index is 770. The summed E-state index contributed by atoms with van der Waals surface area (Å²) in [5.41, 5.74) is 1.57. The predicted molar refractivity (Wildman–Crippen MR) is 90.9 cm³/mol. The van der Waals surface area contributed by atoms with Crippen LogP contribution in [-0.2, 0) is 16.4 Å². The van der Waals surface area contributed by atoms with Gasteiger partial charge < -0.3 is 0 Å². The number of benzene rings is 2. The Morgan fingerprint density at radius 3 is 2.43 bits per heavy atom. The summed E-state index contributed by atoms with van der Waals surface area (Å²) in [4.78, 5) is 11.5. The number of nitrogens with one attached hydrogen (secondary N) is 1. The van der Waals surface area contributed by atoms with E-state index in [0.29, 0.717) is 12.1 Å². The Hall–Kier alpha value is -1.98. The maximum Gasteiger partial charge on any atom is 0.240 e. The molecule has 23 heavy (non-hydrogen) atoms. The van der Waals surface area contributed by atoms with Crippen LogP contribution in [0.25, 0.3) is 0 Å². The quantitative estimate of drug-likeness (QED) is 0.793. The molecule has 0 saturated heterocycles. The first-order valence-electron chi connectivity index (χ1n) is 7.53. The van der Waals surface area contributed by atoms with Gasteiger partial charge in [0.15, 0.2) is 5.78 Å². The van der Waals surface area contributed by atoms with Crippen LogP contribution in [0.4, 0.5) is 0 Å². The van der Waals surface area contributed by atoms with E-state index >= 15 is 0 Å². The number of Topliss-reactive ketones (excluding diaryl/α,β-unsaturated/α-hetero) is 1. The molecule has 1 unspecified atom stereocenters. The molecule has 0 aliphatic rings. The van der Waals surface area contributed by atoms with Gasteiger partial charge in [-0.2, -0.15) is 0 Å². The van der Waals surface area contributed by atoms with Gasteiger partial charge in [-0.1, -0.05) is 49.4 Å². The van der Waals surface area contributed by atoms with E-state index in [0.717, 1.165) is 6.42 Å². The van der Waals surface area contributed by atoms with Crippen LogP contribution in [-0.4, -0.2) is 20.7 Å². The molecule has 122 valence electrons. The minimum atomic E-state index is -3.61. The van der Waals surface area contributed by atoms with Gasteiger partial charge in [0, 0.05) is 12.1 Å². The van der Waals surface area contributed by atoms with Gasteiger partial charge in [0.1, 0.15) is 0 Å². The second-order valence-electron chi connectivity index (χ2n) is 5.73. The highest BCUT2D eigenvalue weighted by molar-refractivity contribution is 7.89. The van der Waals surface area contributed by atoms with Crippen LogP contribution in [0.15, 0.2) is 59.5 Å². The summed E-state index contributed by atoms with van der Waals surface area (Å²) in [7, 11) is -3.61. The van der Waals surface area contributed by atoms with E-state index in [1.54, 1.807) is 12.1 Å². The maximum atomic E-state index is 12.3. The van der Waals surface area contributed by atoms with Crippen molar-refractivity contribution in [1.29, 1.82) is 0 Å². The molecule has 1 N–H and O–H groups in total. The van der Waals surface area contributed by atoms with E-state index < -0.39 is 10.0 Å². The minimum Gasteiger partial charge on any atom is -0.295 e. The fourth-order valence-corrected chi connectivity index (χ4v) is 3.52. The molecule has 0 aliphatic carbocycles. The van der Waals surface area contributed by atoms with Gasteiger partial charge in [-0.25, -0.2) is 13.1 Å². The number of carbonyl (C=O) groups excluding carboxylic acids is 1. The summed E-state index contributed by atoms with van der Waals surface area (Å²) in [6.07, 6.45) is 0.802. The van der Waals surface area contributed by atoms with Crippen molar-refractivity contribution in [2.45, 2.75) is 25.2 Å². The summed E-state index contributed by atoms with van der Waals surface area (Å²) in [5.74, 6) is 0.0164. The average molecular weight is 331 g/mol. The first-order chi connectivity index (χ1) is 10.9. The van der Waals surface area contributed by atoms with Gasteiger partial charge >= 0.3 is 0 Å². The summed E-state index contributed by atoms with van der Waals surface area (Å²) in [5, 5.41) is 0. The van der Waals surface area contributed by atoms with Crippen LogP contribution >= 0.6 is 0 Å². The molecular weight excluding hydrogens is 310 g/mol. The third-order valence-corrected chi connectivity index (χ3v) is 5.02. The molecule has 2 rings (SSSR count). The molecule has 2 aromatic rings. The molecule has 2 aromatic carbocycles. The van der Waals surface area contributed by atoms with Crippen molar-refractivity contribution in [2.75, 3.05) is 6.54 Å². The first-order valence-corrected chi connectivity index (χ1v) is 9.01. The minimum absolute atomic E-state index is 0.122. The highest BCUT2D eigenvalue weighted by Crippen LogP contribution is 2.13. The molecule has 0 spiro atoms. The van der Waals surface area contributed by atoms with Gasteiger partial charge in [-0.15, -0.1) is 0 Å². The number of rotatable bonds is 7. The third kappa shape index (κ3) is 5.01. The lowest BCUT2D eigenvalue weighted by atomic mass is 10.0. The fraction of sp³-hybridized carbons (Fsp3) is 0.278. The fourth-order valence-electron chi connectivity index (χ4n) is 2.31. The van der Waals surface area contributed by atoms with Crippen LogP contribution in [0.3, 0.4) is 0 Å². The Morgan fingerprint density at radius 1 is 1.09 bits per heavy atom. The van der Waals surface area contributed by atoms with Crippen LogP contribution in [0.5, 0.6) is 0 Å². The number of ketones is 1. The number of carbonyl (C=O) groups is 1. The number of hydrogen-bond acceptors (Lipinski definition) is 3. The molecule has 0 fully saturated rings. The number of hydrogen-bond donors (Lipinski definition) is 1. The molecule has 0 radical (unpaired) electrons. The lowest BCUT2D eigenvalue weighted by molar-refractivity contribution is 0.101. The van der Waals surface area contributed by atoms with Crippen LogP contribution in [0.1, 0.15) is 29.8 Å². The molecule has 4 nitrogen and oxygen atoms in total. The van der Waals surface area contributed by atoms with E-state index in [4.69, 9.17) is 0 Å². The van der Waals surface area contributed by atoms with Crippen molar-refractivity contribution < 1.29 is 13.2 Å². The van der Waals surface area contributed by atoms with E-state index in [1.807, 2.05) is 37.3 Å². The van der Waals surface area contributed by atoms with Gasteiger partial charge in [0.2, 0.25) is 10.0 Å². The zero-order chi connectivity index (χ0) is 16.9. The van der Waals surface area contributed by atoms with Crippen molar-refractivity contribution in [2.24, 2.45) is 5.92 Å². The van der Waals surface area contributed by atoms with Crippen molar-refractivity contribution >= 4 is 15.8 Å². The Kier molecular flexibility index (Phi) is 5.69. The predicted octanol–water partition coefficient (Wildman–Crippen LogP) is 3.05. The first kappa shape index (κ1) is 17.4. The summed E-state index contributed by atoms with van der Waals surface area (Å²) in [6, 6.07) is 16.1. The standard InChI is InChI=1S/C18H21NO3S/c1-14(11-16-7-4-3-5-8-16)13-19-23(21,22)18-10-6-9-17(12-18)15(2)20/h3-10,12,14,19H,11,13H2,1-2H3. The second-order valence-corrected chi connectivity index (χ2v) is 7.50. The van der Waals surface area contributed by atoms with Crippen molar-refractivity contribution in [3.8, 4) is 0 Å². The summed E-state index contributed by atoms with van der Waals surface area (Å²) < 4.78 is 27.3.